The number of rotatable bonds is 4. The summed E-state index contributed by atoms with van der Waals surface area (Å²) in [6.07, 6.45) is 0. The highest BCUT2D eigenvalue weighted by Crippen LogP contribution is 2.20. The number of nitrogens with zero attached hydrogens (tertiary/aromatic N) is 2. The van der Waals surface area contributed by atoms with Gasteiger partial charge in [0, 0.05) is 22.4 Å². The third-order valence-corrected chi connectivity index (χ3v) is 3.18. The maximum atomic E-state index is 12.4. The van der Waals surface area contributed by atoms with Crippen molar-refractivity contribution in [3.05, 3.63) is 46.2 Å². The van der Waals surface area contributed by atoms with Crippen LogP contribution in [0.4, 0.5) is 11.6 Å². The molecule has 5 nitrogen and oxygen atoms in total. The highest BCUT2D eigenvalue weighted by molar-refractivity contribution is 6.30. The summed E-state index contributed by atoms with van der Waals surface area (Å²) in [6, 6.07) is 7.16. The number of hydrogen-bond donors (Lipinski definition) is 2. The molecular formula is C16H19ClN4O. The Hall–Kier alpha value is -2.14. The van der Waals surface area contributed by atoms with E-state index in [9.17, 15) is 4.79 Å². The first-order chi connectivity index (χ1) is 10.3. The Labute approximate surface area is 135 Å². The zero-order valence-corrected chi connectivity index (χ0v) is 13.8. The molecule has 0 saturated carbocycles. The van der Waals surface area contributed by atoms with E-state index in [4.69, 9.17) is 11.6 Å². The molecule has 0 atom stereocenters. The Morgan fingerprint density at radius 2 is 1.91 bits per heavy atom. The first-order valence-corrected chi connectivity index (χ1v) is 7.42. The second-order valence-corrected chi connectivity index (χ2v) is 5.87. The van der Waals surface area contributed by atoms with Gasteiger partial charge in [-0.15, -0.1) is 0 Å². The van der Waals surface area contributed by atoms with Gasteiger partial charge in [-0.25, -0.2) is 9.97 Å². The van der Waals surface area contributed by atoms with Crippen LogP contribution in [0, 0.1) is 13.8 Å². The van der Waals surface area contributed by atoms with Gasteiger partial charge in [0.25, 0.3) is 5.91 Å². The van der Waals surface area contributed by atoms with Gasteiger partial charge in [0.1, 0.15) is 5.69 Å². The van der Waals surface area contributed by atoms with Crippen LogP contribution in [0.2, 0.25) is 5.02 Å². The first-order valence-electron chi connectivity index (χ1n) is 7.05. The minimum absolute atomic E-state index is 0.191. The van der Waals surface area contributed by atoms with Crippen molar-refractivity contribution in [1.29, 1.82) is 0 Å². The second-order valence-electron chi connectivity index (χ2n) is 5.43. The number of carbonyl (C=O) groups excluding carboxylic acids is 1. The summed E-state index contributed by atoms with van der Waals surface area (Å²) in [5.41, 5.74) is 2.66. The molecular weight excluding hydrogens is 300 g/mol. The molecule has 0 spiro atoms. The molecule has 1 aromatic carbocycles. The van der Waals surface area contributed by atoms with Crippen LogP contribution in [0.5, 0.6) is 0 Å². The summed E-state index contributed by atoms with van der Waals surface area (Å²) in [7, 11) is 0. The van der Waals surface area contributed by atoms with Crippen LogP contribution in [-0.2, 0) is 0 Å². The van der Waals surface area contributed by atoms with Gasteiger partial charge in [-0.1, -0.05) is 11.6 Å². The lowest BCUT2D eigenvalue weighted by Gasteiger charge is -2.11. The number of hydrogen-bond acceptors (Lipinski definition) is 4. The Balaban J connectivity index is 2.23. The third kappa shape index (κ3) is 4.18. The van der Waals surface area contributed by atoms with Gasteiger partial charge >= 0.3 is 0 Å². The zero-order valence-electron chi connectivity index (χ0n) is 13.1. The molecule has 22 heavy (non-hydrogen) atoms. The number of benzene rings is 1. The van der Waals surface area contributed by atoms with E-state index in [1.54, 1.807) is 24.3 Å². The van der Waals surface area contributed by atoms with Gasteiger partial charge in [0.15, 0.2) is 0 Å². The first kappa shape index (κ1) is 16.2. The molecule has 2 N–H and O–H groups in total. The van der Waals surface area contributed by atoms with Crippen LogP contribution in [0.3, 0.4) is 0 Å². The lowest BCUT2D eigenvalue weighted by molar-refractivity contribution is 0.102. The number of aromatic nitrogens is 2. The maximum Gasteiger partial charge on any atom is 0.274 e. The number of amides is 1. The molecule has 0 fully saturated rings. The van der Waals surface area contributed by atoms with Gasteiger partial charge in [-0.2, -0.15) is 0 Å². The van der Waals surface area contributed by atoms with Crippen LogP contribution >= 0.6 is 11.6 Å². The Morgan fingerprint density at radius 1 is 1.18 bits per heavy atom. The lowest BCUT2D eigenvalue weighted by atomic mass is 10.2. The lowest BCUT2D eigenvalue weighted by Crippen LogP contribution is -2.18. The Morgan fingerprint density at radius 3 is 2.55 bits per heavy atom. The zero-order chi connectivity index (χ0) is 16.3. The van der Waals surface area contributed by atoms with Gasteiger partial charge in [0.05, 0.1) is 0 Å². The van der Waals surface area contributed by atoms with E-state index in [2.05, 4.69) is 20.6 Å². The van der Waals surface area contributed by atoms with E-state index in [0.29, 0.717) is 22.4 Å². The number of halogens is 1. The van der Waals surface area contributed by atoms with Crippen LogP contribution in [0.1, 0.15) is 35.6 Å². The molecule has 1 heterocycles. The van der Waals surface area contributed by atoms with Crippen molar-refractivity contribution in [1.82, 2.24) is 9.97 Å². The summed E-state index contributed by atoms with van der Waals surface area (Å²) in [5, 5.41) is 6.59. The maximum absolute atomic E-state index is 12.4. The van der Waals surface area contributed by atoms with Gasteiger partial charge < -0.3 is 10.6 Å². The average molecular weight is 319 g/mol. The SMILES string of the molecule is Cc1cc(C(=O)Nc2ccc(Cl)cc2C)nc(NC(C)C)n1. The summed E-state index contributed by atoms with van der Waals surface area (Å²) in [6.45, 7) is 7.70. The van der Waals surface area contributed by atoms with Gasteiger partial charge in [0.2, 0.25) is 5.95 Å². The molecule has 0 saturated heterocycles. The molecule has 116 valence electrons. The molecule has 0 aliphatic carbocycles. The summed E-state index contributed by atoms with van der Waals surface area (Å²) in [4.78, 5) is 20.9. The second kappa shape index (κ2) is 6.75. The molecule has 1 amide bonds. The molecule has 0 bridgehead atoms. The van der Waals surface area contributed by atoms with E-state index in [0.717, 1.165) is 11.3 Å². The van der Waals surface area contributed by atoms with Crippen molar-refractivity contribution in [2.45, 2.75) is 33.7 Å². The van der Waals surface area contributed by atoms with Crippen LogP contribution in [0.25, 0.3) is 0 Å². The van der Waals surface area contributed by atoms with Crippen LogP contribution < -0.4 is 10.6 Å². The van der Waals surface area contributed by atoms with E-state index in [-0.39, 0.29) is 11.9 Å². The van der Waals surface area contributed by atoms with Crippen molar-refractivity contribution in [3.8, 4) is 0 Å². The Kier molecular flexibility index (Phi) is 4.98. The van der Waals surface area contributed by atoms with Gasteiger partial charge in [-0.3, -0.25) is 4.79 Å². The number of nitrogens with one attached hydrogen (secondary N) is 2. The number of carbonyl (C=O) groups is 1. The smallest absolute Gasteiger partial charge is 0.274 e. The Bertz CT molecular complexity index is 701. The van der Waals surface area contributed by atoms with E-state index >= 15 is 0 Å². The van der Waals surface area contributed by atoms with E-state index in [1.165, 1.54) is 0 Å². The minimum atomic E-state index is -0.275. The molecule has 2 rings (SSSR count). The molecule has 1 aromatic heterocycles. The molecule has 0 unspecified atom stereocenters. The van der Waals surface area contributed by atoms with E-state index < -0.39 is 0 Å². The van der Waals surface area contributed by atoms with E-state index in [1.807, 2.05) is 27.7 Å². The normalized spacial score (nSPS) is 10.6. The number of anilines is 2. The molecule has 0 aliphatic heterocycles. The number of aryl methyl sites for hydroxylation is 2. The van der Waals surface area contributed by atoms with Crippen molar-refractivity contribution < 1.29 is 4.79 Å². The summed E-state index contributed by atoms with van der Waals surface area (Å²) in [5.74, 6) is 0.177. The van der Waals surface area contributed by atoms with Crippen molar-refractivity contribution >= 4 is 29.1 Å². The molecule has 0 radical (unpaired) electrons. The largest absolute Gasteiger partial charge is 0.352 e. The van der Waals surface area contributed by atoms with Gasteiger partial charge in [-0.05, 0) is 57.5 Å². The van der Waals surface area contributed by atoms with Crippen molar-refractivity contribution in [2.24, 2.45) is 0 Å². The predicted octanol–water partition coefficient (Wildman–Crippen LogP) is 3.82. The summed E-state index contributed by atoms with van der Waals surface area (Å²) < 4.78 is 0. The fourth-order valence-corrected chi connectivity index (χ4v) is 2.19. The molecule has 0 aliphatic rings. The average Bonchev–Trinajstić information content (AvgIpc) is 2.40. The highest BCUT2D eigenvalue weighted by atomic mass is 35.5. The third-order valence-electron chi connectivity index (χ3n) is 2.94. The van der Waals surface area contributed by atoms with Crippen LogP contribution in [-0.4, -0.2) is 21.9 Å². The topological polar surface area (TPSA) is 66.9 Å². The summed E-state index contributed by atoms with van der Waals surface area (Å²) >= 11 is 5.92. The molecule has 2 aromatic rings. The quantitative estimate of drug-likeness (QED) is 0.899. The monoisotopic (exact) mass is 318 g/mol. The standard InChI is InChI=1S/C16H19ClN4O/c1-9(2)18-16-19-11(4)8-14(21-16)15(22)20-13-6-5-12(17)7-10(13)3/h5-9H,1-4H3,(H,20,22)(H,18,19,21). The fraction of sp³-hybridized carbons (Fsp3) is 0.312. The highest BCUT2D eigenvalue weighted by Gasteiger charge is 2.12. The molecule has 6 heteroatoms. The van der Waals surface area contributed by atoms with Crippen LogP contribution in [0.15, 0.2) is 24.3 Å². The van der Waals surface area contributed by atoms with Crippen molar-refractivity contribution in [2.75, 3.05) is 10.6 Å². The van der Waals surface area contributed by atoms with Crippen molar-refractivity contribution in [3.63, 3.8) is 0 Å². The predicted molar refractivity (Wildman–Crippen MR) is 89.7 cm³/mol. The fourth-order valence-electron chi connectivity index (χ4n) is 1.96. The minimum Gasteiger partial charge on any atom is -0.352 e.